The van der Waals surface area contributed by atoms with Crippen molar-refractivity contribution in [3.05, 3.63) is 35.4 Å². The summed E-state index contributed by atoms with van der Waals surface area (Å²) in [5.74, 6) is 0. The largest absolute Gasteiger partial charge is 0.330 e. The summed E-state index contributed by atoms with van der Waals surface area (Å²) in [6.07, 6.45) is 0. The minimum absolute atomic E-state index is 0.0536. The van der Waals surface area contributed by atoms with Crippen LogP contribution >= 0.6 is 0 Å². The summed E-state index contributed by atoms with van der Waals surface area (Å²) in [5.41, 5.74) is 8.81. The van der Waals surface area contributed by atoms with E-state index in [1.807, 2.05) is 7.05 Å². The van der Waals surface area contributed by atoms with Gasteiger partial charge in [0.2, 0.25) is 0 Å². The van der Waals surface area contributed by atoms with Crippen LogP contribution in [0.4, 0.5) is 0 Å². The molecule has 2 heteroatoms. The van der Waals surface area contributed by atoms with E-state index in [1.165, 1.54) is 11.1 Å². The molecule has 1 atom stereocenters. The topological polar surface area (TPSA) is 38.0 Å². The maximum absolute atomic E-state index is 5.88. The summed E-state index contributed by atoms with van der Waals surface area (Å²) in [5, 5.41) is 3.39. The van der Waals surface area contributed by atoms with Gasteiger partial charge in [0.05, 0.1) is 0 Å². The van der Waals surface area contributed by atoms with Crippen molar-refractivity contribution >= 4 is 0 Å². The van der Waals surface area contributed by atoms with E-state index >= 15 is 0 Å². The highest BCUT2D eigenvalue weighted by atomic mass is 14.9. The summed E-state index contributed by atoms with van der Waals surface area (Å²) < 4.78 is 0. The van der Waals surface area contributed by atoms with E-state index in [0.29, 0.717) is 6.54 Å². The first-order chi connectivity index (χ1) is 8.22. The maximum Gasteiger partial charge on any atom is 0.0381 e. The highest BCUT2D eigenvalue weighted by Gasteiger charge is 2.28. The molecule has 1 aromatic rings. The Morgan fingerprint density at radius 1 is 1.06 bits per heavy atom. The van der Waals surface area contributed by atoms with E-state index in [9.17, 15) is 0 Å². The van der Waals surface area contributed by atoms with Crippen LogP contribution in [-0.4, -0.2) is 13.6 Å². The lowest BCUT2D eigenvalue weighted by atomic mass is 9.79. The molecule has 0 fully saturated rings. The number of rotatable bonds is 4. The van der Waals surface area contributed by atoms with Crippen molar-refractivity contribution in [3.63, 3.8) is 0 Å². The fraction of sp³-hybridized carbons (Fsp3) is 0.625. The summed E-state index contributed by atoms with van der Waals surface area (Å²) in [6.45, 7) is 11.8. The van der Waals surface area contributed by atoms with Gasteiger partial charge in [-0.15, -0.1) is 0 Å². The van der Waals surface area contributed by atoms with Crippen LogP contribution in [0.2, 0.25) is 0 Å². The molecule has 0 heterocycles. The second-order valence-corrected chi connectivity index (χ2v) is 6.79. The van der Waals surface area contributed by atoms with E-state index < -0.39 is 0 Å². The number of benzene rings is 1. The number of nitrogens with one attached hydrogen (secondary N) is 1. The van der Waals surface area contributed by atoms with Crippen molar-refractivity contribution in [2.45, 2.75) is 46.1 Å². The molecule has 18 heavy (non-hydrogen) atoms. The Balaban J connectivity index is 3.03. The molecule has 2 nitrogen and oxygen atoms in total. The van der Waals surface area contributed by atoms with Crippen LogP contribution in [0.15, 0.2) is 24.3 Å². The third kappa shape index (κ3) is 3.33. The average Bonchev–Trinajstić information content (AvgIpc) is 2.29. The van der Waals surface area contributed by atoms with Gasteiger partial charge < -0.3 is 11.1 Å². The monoisotopic (exact) mass is 248 g/mol. The minimum Gasteiger partial charge on any atom is -0.330 e. The zero-order valence-electron chi connectivity index (χ0n) is 12.7. The van der Waals surface area contributed by atoms with Crippen molar-refractivity contribution in [2.24, 2.45) is 11.1 Å². The lowest BCUT2D eigenvalue weighted by Crippen LogP contribution is -2.37. The Bertz CT molecular complexity index is 371. The molecule has 0 aliphatic heterocycles. The Labute approximate surface area is 112 Å². The molecule has 0 bridgehead atoms. The molecule has 1 rings (SSSR count). The summed E-state index contributed by atoms with van der Waals surface area (Å²) in [7, 11) is 2.00. The third-order valence-corrected chi connectivity index (χ3v) is 3.71. The molecule has 0 amide bonds. The fourth-order valence-corrected chi connectivity index (χ4v) is 2.30. The average molecular weight is 248 g/mol. The number of hydrogen-bond acceptors (Lipinski definition) is 2. The van der Waals surface area contributed by atoms with Crippen LogP contribution in [0, 0.1) is 5.41 Å². The molecule has 102 valence electrons. The fourth-order valence-electron chi connectivity index (χ4n) is 2.30. The molecule has 3 N–H and O–H groups in total. The van der Waals surface area contributed by atoms with Gasteiger partial charge in [-0.05, 0) is 35.5 Å². The van der Waals surface area contributed by atoms with E-state index in [2.05, 4.69) is 64.2 Å². The van der Waals surface area contributed by atoms with Gasteiger partial charge in [-0.2, -0.15) is 0 Å². The first-order valence-corrected chi connectivity index (χ1v) is 6.70. The van der Waals surface area contributed by atoms with E-state index in [0.717, 1.165) is 0 Å². The standard InChI is InChI=1S/C16H28N2/c1-15(2,3)13-9-7-12(8-10-13)14(18-6)16(4,5)11-17/h7-10,14,18H,11,17H2,1-6H3. The maximum atomic E-state index is 5.88. The van der Waals surface area contributed by atoms with Gasteiger partial charge in [-0.25, -0.2) is 0 Å². The normalized spacial score (nSPS) is 14.6. The van der Waals surface area contributed by atoms with Gasteiger partial charge in [0, 0.05) is 6.04 Å². The molecule has 0 saturated heterocycles. The van der Waals surface area contributed by atoms with Crippen LogP contribution in [0.1, 0.15) is 51.8 Å². The number of hydrogen-bond donors (Lipinski definition) is 2. The van der Waals surface area contributed by atoms with Gasteiger partial charge in [0.1, 0.15) is 0 Å². The Kier molecular flexibility index (Phi) is 4.57. The molecule has 0 radical (unpaired) electrons. The quantitative estimate of drug-likeness (QED) is 0.858. The van der Waals surface area contributed by atoms with Crippen LogP contribution in [-0.2, 0) is 5.41 Å². The molecule has 1 aromatic carbocycles. The molecule has 0 aliphatic rings. The predicted molar refractivity (Wildman–Crippen MR) is 79.8 cm³/mol. The first kappa shape index (κ1) is 15.2. The summed E-state index contributed by atoms with van der Waals surface area (Å²) in [4.78, 5) is 0. The highest BCUT2D eigenvalue weighted by Crippen LogP contribution is 2.33. The van der Waals surface area contributed by atoms with Crippen LogP contribution in [0.3, 0.4) is 0 Å². The van der Waals surface area contributed by atoms with Gasteiger partial charge in [0.15, 0.2) is 0 Å². The van der Waals surface area contributed by atoms with E-state index in [4.69, 9.17) is 5.73 Å². The van der Waals surface area contributed by atoms with E-state index in [1.54, 1.807) is 0 Å². The molecule has 1 unspecified atom stereocenters. The zero-order valence-corrected chi connectivity index (χ0v) is 12.7. The van der Waals surface area contributed by atoms with Crippen molar-refractivity contribution in [3.8, 4) is 0 Å². The Morgan fingerprint density at radius 3 is 1.89 bits per heavy atom. The van der Waals surface area contributed by atoms with Gasteiger partial charge in [0.25, 0.3) is 0 Å². The van der Waals surface area contributed by atoms with Crippen LogP contribution in [0.25, 0.3) is 0 Å². The zero-order chi connectivity index (χ0) is 14.0. The molecule has 0 spiro atoms. The van der Waals surface area contributed by atoms with Gasteiger partial charge in [-0.1, -0.05) is 58.9 Å². The van der Waals surface area contributed by atoms with Crippen molar-refractivity contribution < 1.29 is 0 Å². The van der Waals surface area contributed by atoms with Gasteiger partial charge in [-0.3, -0.25) is 0 Å². The summed E-state index contributed by atoms with van der Waals surface area (Å²) >= 11 is 0. The second-order valence-electron chi connectivity index (χ2n) is 6.79. The minimum atomic E-state index is 0.0536. The summed E-state index contributed by atoms with van der Waals surface area (Å²) in [6, 6.07) is 9.19. The molecular weight excluding hydrogens is 220 g/mol. The first-order valence-electron chi connectivity index (χ1n) is 6.70. The smallest absolute Gasteiger partial charge is 0.0381 e. The van der Waals surface area contributed by atoms with Crippen LogP contribution in [0.5, 0.6) is 0 Å². The SMILES string of the molecule is CNC(c1ccc(C(C)(C)C)cc1)C(C)(C)CN. The third-order valence-electron chi connectivity index (χ3n) is 3.71. The Morgan fingerprint density at radius 2 is 1.56 bits per heavy atom. The van der Waals surface area contributed by atoms with Crippen molar-refractivity contribution in [2.75, 3.05) is 13.6 Å². The molecule has 0 aromatic heterocycles. The molecule has 0 aliphatic carbocycles. The van der Waals surface area contributed by atoms with Gasteiger partial charge >= 0.3 is 0 Å². The van der Waals surface area contributed by atoms with E-state index in [-0.39, 0.29) is 16.9 Å². The van der Waals surface area contributed by atoms with Crippen LogP contribution < -0.4 is 11.1 Å². The van der Waals surface area contributed by atoms with Crippen molar-refractivity contribution in [1.29, 1.82) is 0 Å². The Hall–Kier alpha value is -0.860. The molecule has 0 saturated carbocycles. The number of nitrogens with two attached hydrogens (primary N) is 1. The molecular formula is C16H28N2. The lowest BCUT2D eigenvalue weighted by molar-refractivity contribution is 0.265. The second kappa shape index (κ2) is 5.41. The highest BCUT2D eigenvalue weighted by molar-refractivity contribution is 5.30. The van der Waals surface area contributed by atoms with Crippen molar-refractivity contribution in [1.82, 2.24) is 5.32 Å². The lowest BCUT2D eigenvalue weighted by Gasteiger charge is -2.33. The predicted octanol–water partition coefficient (Wildman–Crippen LogP) is 3.23.